The predicted octanol–water partition coefficient (Wildman–Crippen LogP) is 3.17. The molecule has 1 aliphatic heterocycles. The lowest BCUT2D eigenvalue weighted by molar-refractivity contribution is -0.154. The largest absolute Gasteiger partial charge is 0.354 e. The van der Waals surface area contributed by atoms with Crippen LogP contribution in [-0.4, -0.2) is 77.7 Å². The topological polar surface area (TPSA) is 114 Å². The van der Waals surface area contributed by atoms with Gasteiger partial charge in [-0.2, -0.15) is 14.4 Å². The Labute approximate surface area is 217 Å². The summed E-state index contributed by atoms with van der Waals surface area (Å²) in [5.41, 5.74) is 5.08. The Balaban J connectivity index is 1.68. The first-order valence-electron chi connectivity index (χ1n) is 12.6. The molecule has 1 aromatic rings. The third kappa shape index (κ3) is 7.39. The third-order valence-electron chi connectivity index (χ3n) is 7.42. The number of amides is 2. The van der Waals surface area contributed by atoms with E-state index in [-0.39, 0.29) is 35.3 Å². The summed E-state index contributed by atoms with van der Waals surface area (Å²) < 4.78 is 15.4. The fourth-order valence-corrected chi connectivity index (χ4v) is 5.80. The minimum atomic E-state index is -0.699. The predicted molar refractivity (Wildman–Crippen MR) is 136 cm³/mol. The molecule has 0 radical (unpaired) electrons. The number of nitrogens with one attached hydrogen (secondary N) is 2. The zero-order valence-corrected chi connectivity index (χ0v) is 22.4. The van der Waals surface area contributed by atoms with Crippen molar-refractivity contribution in [2.75, 3.05) is 50.6 Å². The van der Waals surface area contributed by atoms with Crippen molar-refractivity contribution < 1.29 is 19.2 Å². The molecule has 12 heteroatoms. The van der Waals surface area contributed by atoms with E-state index in [4.69, 9.17) is 11.6 Å². The molecular formula is C24H39ClFN7O3. The Morgan fingerprint density at radius 2 is 2.00 bits per heavy atom. The lowest BCUT2D eigenvalue weighted by atomic mass is 9.78. The van der Waals surface area contributed by atoms with E-state index >= 15 is 4.39 Å². The molecule has 2 fully saturated rings. The number of hydrazine groups is 1. The SMILES string of the molecule is CN(C)CC(C)(C)C1CCN(c2nc(Cl)nc(NNC(=O)[C@H](CC3CCCC3)CN(O)C=O)c2F)C1. The molecule has 1 unspecified atom stereocenters. The van der Waals surface area contributed by atoms with Crippen LogP contribution in [0.2, 0.25) is 5.28 Å². The minimum Gasteiger partial charge on any atom is -0.354 e. The smallest absolute Gasteiger partial charge is 0.243 e. The number of hydrogen-bond acceptors (Lipinski definition) is 8. The lowest BCUT2D eigenvalue weighted by Gasteiger charge is -2.34. The number of hydrogen-bond donors (Lipinski definition) is 3. The molecule has 1 aromatic heterocycles. The van der Waals surface area contributed by atoms with E-state index in [1.165, 1.54) is 0 Å². The van der Waals surface area contributed by atoms with Gasteiger partial charge in [-0.3, -0.25) is 25.6 Å². The normalized spacial score (nSPS) is 19.6. The average molecular weight is 528 g/mol. The maximum atomic E-state index is 15.4. The molecule has 2 heterocycles. The zero-order valence-electron chi connectivity index (χ0n) is 21.6. The average Bonchev–Trinajstić information content (AvgIpc) is 3.50. The van der Waals surface area contributed by atoms with Crippen molar-refractivity contribution in [2.24, 2.45) is 23.2 Å². The van der Waals surface area contributed by atoms with Crippen LogP contribution in [0.5, 0.6) is 0 Å². The summed E-state index contributed by atoms with van der Waals surface area (Å²) in [4.78, 5) is 35.9. The molecule has 0 spiro atoms. The molecule has 0 bridgehead atoms. The highest BCUT2D eigenvalue weighted by Gasteiger charge is 2.37. The summed E-state index contributed by atoms with van der Waals surface area (Å²) >= 11 is 6.12. The summed E-state index contributed by atoms with van der Waals surface area (Å²) in [6.07, 6.45) is 5.90. The van der Waals surface area contributed by atoms with E-state index in [1.807, 2.05) is 19.0 Å². The van der Waals surface area contributed by atoms with Gasteiger partial charge in [-0.25, -0.2) is 5.06 Å². The molecule has 2 atom stereocenters. The van der Waals surface area contributed by atoms with E-state index in [1.54, 1.807) is 0 Å². The minimum absolute atomic E-state index is 0.0387. The van der Waals surface area contributed by atoms with Crippen LogP contribution in [0.3, 0.4) is 0 Å². The molecule has 1 saturated heterocycles. The molecule has 0 aromatic carbocycles. The van der Waals surface area contributed by atoms with Crippen LogP contribution in [0.15, 0.2) is 0 Å². The second kappa shape index (κ2) is 12.3. The Hall–Kier alpha value is -2.24. The van der Waals surface area contributed by atoms with Gasteiger partial charge in [0.05, 0.1) is 12.5 Å². The Morgan fingerprint density at radius 3 is 2.64 bits per heavy atom. The van der Waals surface area contributed by atoms with E-state index in [9.17, 15) is 14.8 Å². The van der Waals surface area contributed by atoms with Crippen molar-refractivity contribution in [2.45, 2.75) is 52.4 Å². The van der Waals surface area contributed by atoms with Crippen molar-refractivity contribution in [1.82, 2.24) is 25.4 Å². The van der Waals surface area contributed by atoms with Crippen molar-refractivity contribution in [3.05, 3.63) is 11.1 Å². The molecular weight excluding hydrogens is 489 g/mol. The zero-order chi connectivity index (χ0) is 26.5. The second-order valence-corrected chi connectivity index (χ2v) is 11.4. The summed E-state index contributed by atoms with van der Waals surface area (Å²) in [5.74, 6) is -1.27. The number of nitrogens with zero attached hydrogens (tertiary/aromatic N) is 5. The third-order valence-corrected chi connectivity index (χ3v) is 7.59. The molecule has 1 saturated carbocycles. The van der Waals surface area contributed by atoms with Crippen LogP contribution in [-0.2, 0) is 9.59 Å². The highest BCUT2D eigenvalue weighted by Crippen LogP contribution is 2.37. The van der Waals surface area contributed by atoms with Crippen LogP contribution in [0.1, 0.15) is 52.4 Å². The number of rotatable bonds is 12. The standard InChI is InChI=1S/C24H39ClFN7O3/c1-24(2,14-31(3)4)18-9-10-32(13-18)21-19(26)20(27-23(25)28-21)29-30-22(35)17(12-33(36)15-34)11-16-7-5-6-8-16/h15-18,36H,5-14H2,1-4H3,(H,30,35)(H,27,28,29)/t17-,18?/m1/s1. The van der Waals surface area contributed by atoms with Crippen LogP contribution in [0.4, 0.5) is 16.0 Å². The molecule has 36 heavy (non-hydrogen) atoms. The van der Waals surface area contributed by atoms with Gasteiger partial charge in [-0.15, -0.1) is 0 Å². The number of halogens is 2. The fraction of sp³-hybridized carbons (Fsp3) is 0.750. The van der Waals surface area contributed by atoms with Crippen LogP contribution >= 0.6 is 11.6 Å². The van der Waals surface area contributed by atoms with Crippen molar-refractivity contribution in [3.63, 3.8) is 0 Å². The maximum absolute atomic E-state index is 15.4. The van der Waals surface area contributed by atoms with Crippen molar-refractivity contribution in [1.29, 1.82) is 0 Å². The highest BCUT2D eigenvalue weighted by atomic mass is 35.5. The van der Waals surface area contributed by atoms with Gasteiger partial charge in [0.2, 0.25) is 23.4 Å². The maximum Gasteiger partial charge on any atom is 0.243 e. The van der Waals surface area contributed by atoms with Gasteiger partial charge >= 0.3 is 0 Å². The van der Waals surface area contributed by atoms with E-state index in [0.29, 0.717) is 36.4 Å². The van der Waals surface area contributed by atoms with Gasteiger partial charge in [-0.05, 0) is 55.8 Å². The highest BCUT2D eigenvalue weighted by molar-refractivity contribution is 6.28. The number of aromatic nitrogens is 2. The van der Waals surface area contributed by atoms with Gasteiger partial charge in [0.1, 0.15) is 0 Å². The van der Waals surface area contributed by atoms with E-state index in [0.717, 1.165) is 38.6 Å². The molecule has 1 aliphatic carbocycles. The van der Waals surface area contributed by atoms with Crippen LogP contribution in [0, 0.1) is 29.0 Å². The lowest BCUT2D eigenvalue weighted by Crippen LogP contribution is -2.41. The Morgan fingerprint density at radius 1 is 1.31 bits per heavy atom. The van der Waals surface area contributed by atoms with E-state index in [2.05, 4.69) is 39.6 Å². The van der Waals surface area contributed by atoms with E-state index < -0.39 is 17.6 Å². The summed E-state index contributed by atoms with van der Waals surface area (Å²) in [5, 5.41) is 9.98. The number of carbonyl (C=O) groups is 2. The second-order valence-electron chi connectivity index (χ2n) is 11.1. The summed E-state index contributed by atoms with van der Waals surface area (Å²) in [7, 11) is 4.08. The van der Waals surface area contributed by atoms with Crippen molar-refractivity contribution >= 4 is 35.6 Å². The molecule has 3 N–H and O–H groups in total. The van der Waals surface area contributed by atoms with Gasteiger partial charge in [0.15, 0.2) is 11.6 Å². The molecule has 2 amide bonds. The molecule has 3 rings (SSSR count). The van der Waals surface area contributed by atoms with Crippen LogP contribution in [0.25, 0.3) is 0 Å². The summed E-state index contributed by atoms with van der Waals surface area (Å²) in [6.45, 7) is 6.47. The van der Waals surface area contributed by atoms with Crippen LogP contribution < -0.4 is 15.8 Å². The fourth-order valence-electron chi connectivity index (χ4n) is 5.64. The van der Waals surface area contributed by atoms with Gasteiger partial charge < -0.3 is 9.80 Å². The first kappa shape index (κ1) is 28.3. The quantitative estimate of drug-likeness (QED) is 0.164. The Kier molecular flexibility index (Phi) is 9.71. The Bertz CT molecular complexity index is 914. The first-order valence-corrected chi connectivity index (χ1v) is 13.0. The van der Waals surface area contributed by atoms with Crippen molar-refractivity contribution in [3.8, 4) is 0 Å². The van der Waals surface area contributed by atoms with Gasteiger partial charge in [0, 0.05) is 19.6 Å². The molecule has 10 nitrogen and oxygen atoms in total. The first-order chi connectivity index (χ1) is 17.0. The monoisotopic (exact) mass is 527 g/mol. The number of hydroxylamine groups is 2. The van der Waals surface area contributed by atoms with Gasteiger partial charge in [0.25, 0.3) is 0 Å². The number of anilines is 2. The van der Waals surface area contributed by atoms with Gasteiger partial charge in [-0.1, -0.05) is 39.5 Å². The molecule has 2 aliphatic rings. The number of carbonyl (C=O) groups excluding carboxylic acids is 2. The summed E-state index contributed by atoms with van der Waals surface area (Å²) in [6, 6.07) is 0. The molecule has 202 valence electrons.